The molecule has 0 saturated heterocycles. The lowest BCUT2D eigenvalue weighted by Gasteiger charge is -2.43. The maximum absolute atomic E-state index is 12.5. The third-order valence-electron chi connectivity index (χ3n) is 9.54. The van der Waals surface area contributed by atoms with Crippen molar-refractivity contribution >= 4 is 20.2 Å². The molecule has 0 heterocycles. The predicted octanol–water partition coefficient (Wildman–Crippen LogP) is 6.89. The normalized spacial score (nSPS) is 15.7. The summed E-state index contributed by atoms with van der Waals surface area (Å²) in [7, 11) is -7.74. The summed E-state index contributed by atoms with van der Waals surface area (Å²) in [6, 6.07) is 33.8. The van der Waals surface area contributed by atoms with Crippen molar-refractivity contribution in [3.63, 3.8) is 0 Å². The Bertz CT molecular complexity index is 2090. The number of ether oxygens (including phenoxy) is 4. The first-order chi connectivity index (χ1) is 26.1. The molecule has 0 N–H and O–H groups in total. The average molecular weight is 771 g/mol. The molecule has 3 aliphatic carbocycles. The van der Waals surface area contributed by atoms with Crippen LogP contribution in [0, 0.1) is 13.8 Å². The first kappa shape index (κ1) is 37.7. The van der Waals surface area contributed by atoms with Crippen LogP contribution in [0.3, 0.4) is 0 Å². The van der Waals surface area contributed by atoms with Gasteiger partial charge < -0.3 is 18.9 Å². The van der Waals surface area contributed by atoms with Crippen LogP contribution in [0.2, 0.25) is 0 Å². The number of aryl methyl sites for hydroxylation is 2. The van der Waals surface area contributed by atoms with Gasteiger partial charge in [0.1, 0.15) is 24.7 Å². The first-order valence-electron chi connectivity index (χ1n) is 17.8. The van der Waals surface area contributed by atoms with Crippen molar-refractivity contribution in [1.82, 2.24) is 0 Å². The van der Waals surface area contributed by atoms with E-state index in [2.05, 4.69) is 48.5 Å². The highest BCUT2D eigenvalue weighted by Gasteiger charge is 2.44. The summed E-state index contributed by atoms with van der Waals surface area (Å²) in [6.07, 6.45) is 0. The lowest BCUT2D eigenvalue weighted by molar-refractivity contribution is 0.0765. The summed E-state index contributed by atoms with van der Waals surface area (Å²) in [5.74, 6) is 1.31. The molecular weight excluding hydrogens is 729 g/mol. The van der Waals surface area contributed by atoms with E-state index in [1.54, 1.807) is 24.3 Å². The molecule has 8 rings (SSSR count). The quantitative estimate of drug-likeness (QED) is 0.0673. The van der Waals surface area contributed by atoms with Gasteiger partial charge in [0.2, 0.25) is 0 Å². The van der Waals surface area contributed by atoms with Gasteiger partial charge >= 0.3 is 0 Å². The number of rotatable bonds is 18. The molecule has 0 saturated carbocycles. The van der Waals surface area contributed by atoms with Crippen molar-refractivity contribution in [2.75, 3.05) is 52.9 Å². The van der Waals surface area contributed by atoms with E-state index in [4.69, 9.17) is 27.3 Å². The van der Waals surface area contributed by atoms with Crippen LogP contribution in [0.25, 0.3) is 0 Å². The molecule has 0 aromatic heterocycles. The van der Waals surface area contributed by atoms with E-state index >= 15 is 0 Å². The number of benzene rings is 5. The highest BCUT2D eigenvalue weighted by atomic mass is 32.2. The fraction of sp³-hybridized carbons (Fsp3) is 0.286. The van der Waals surface area contributed by atoms with Gasteiger partial charge in [0, 0.05) is 23.0 Å². The molecule has 0 aliphatic heterocycles. The van der Waals surface area contributed by atoms with Gasteiger partial charge in [0.15, 0.2) is 0 Å². The number of hydrogen-bond donors (Lipinski definition) is 0. The highest BCUT2D eigenvalue weighted by Crippen LogP contribution is 2.60. The topological polar surface area (TPSA) is 124 Å². The molecule has 10 nitrogen and oxygen atoms in total. The van der Waals surface area contributed by atoms with E-state index in [1.165, 1.54) is 46.5 Å². The van der Waals surface area contributed by atoms with Crippen molar-refractivity contribution in [3.8, 4) is 11.5 Å². The molecule has 5 aromatic rings. The zero-order chi connectivity index (χ0) is 37.7. The predicted molar refractivity (Wildman–Crippen MR) is 202 cm³/mol. The Balaban J connectivity index is 0.990. The summed E-state index contributed by atoms with van der Waals surface area (Å²) in [4.78, 5) is 0.214. The summed E-state index contributed by atoms with van der Waals surface area (Å²) in [5, 5.41) is 0. The molecule has 282 valence electrons. The second-order valence-electron chi connectivity index (χ2n) is 13.1. The van der Waals surface area contributed by atoms with Crippen molar-refractivity contribution in [2.45, 2.75) is 35.5 Å². The summed E-state index contributed by atoms with van der Waals surface area (Å²) < 4.78 is 84.4. The van der Waals surface area contributed by atoms with E-state index < -0.39 is 20.2 Å². The van der Waals surface area contributed by atoms with Gasteiger partial charge in [0.25, 0.3) is 20.2 Å². The molecule has 3 aliphatic rings. The van der Waals surface area contributed by atoms with Crippen LogP contribution in [0.1, 0.15) is 56.3 Å². The molecule has 2 bridgehead atoms. The van der Waals surface area contributed by atoms with Crippen molar-refractivity contribution < 1.29 is 44.1 Å². The maximum Gasteiger partial charge on any atom is 0.297 e. The fourth-order valence-corrected chi connectivity index (χ4v) is 8.84. The van der Waals surface area contributed by atoms with E-state index in [1.807, 2.05) is 26.0 Å². The van der Waals surface area contributed by atoms with Gasteiger partial charge in [-0.25, -0.2) is 0 Å². The molecule has 0 unspecified atom stereocenters. The van der Waals surface area contributed by atoms with Crippen LogP contribution in [-0.4, -0.2) is 69.7 Å². The van der Waals surface area contributed by atoms with Gasteiger partial charge in [-0.15, -0.1) is 0 Å². The number of hydrogen-bond acceptors (Lipinski definition) is 10. The maximum atomic E-state index is 12.5. The fourth-order valence-electron chi connectivity index (χ4n) is 7.05. The molecule has 0 atom stereocenters. The van der Waals surface area contributed by atoms with Gasteiger partial charge in [0.05, 0.1) is 49.4 Å². The zero-order valence-electron chi connectivity index (χ0n) is 30.1. The standard InChI is InChI=1S/C42H42O10S2/c1-29-11-15-31(16-12-29)53(43,44)51-27-23-47-21-25-49-37-19-20-38(50-26-22-48-24-28-52-54(45,46)32-17-13-30(2)14-18-32)42-40-35-9-5-3-7-33(35)39(41(37)42)34-8-4-6-10-36(34)40/h3-20,39-40H,21-28H2,1-2H3. The Labute approximate surface area is 316 Å². The summed E-state index contributed by atoms with van der Waals surface area (Å²) in [6.45, 7) is 4.67. The van der Waals surface area contributed by atoms with Gasteiger partial charge in [-0.2, -0.15) is 16.8 Å². The molecule has 0 spiro atoms. The third kappa shape index (κ3) is 8.09. The molecular formula is C42H42O10S2. The van der Waals surface area contributed by atoms with Crippen molar-refractivity contribution in [1.29, 1.82) is 0 Å². The zero-order valence-corrected chi connectivity index (χ0v) is 31.7. The van der Waals surface area contributed by atoms with Crippen LogP contribution < -0.4 is 9.47 Å². The van der Waals surface area contributed by atoms with Gasteiger partial charge in [-0.05, 0) is 72.5 Å². The minimum absolute atomic E-state index is 0.0684. The molecule has 5 aromatic carbocycles. The average Bonchev–Trinajstić information content (AvgIpc) is 3.17. The molecule has 0 amide bonds. The van der Waals surface area contributed by atoms with Gasteiger partial charge in [-0.1, -0.05) is 83.9 Å². The monoisotopic (exact) mass is 770 g/mol. The largest absolute Gasteiger partial charge is 0.491 e. The smallest absolute Gasteiger partial charge is 0.297 e. The summed E-state index contributed by atoms with van der Waals surface area (Å²) >= 11 is 0. The lowest BCUT2D eigenvalue weighted by Crippen LogP contribution is -2.29. The minimum Gasteiger partial charge on any atom is -0.491 e. The summed E-state index contributed by atoms with van der Waals surface area (Å²) in [5.41, 5.74) is 8.90. The van der Waals surface area contributed by atoms with E-state index in [0.717, 1.165) is 33.8 Å². The van der Waals surface area contributed by atoms with Crippen LogP contribution in [0.4, 0.5) is 0 Å². The van der Waals surface area contributed by atoms with Gasteiger partial charge in [-0.3, -0.25) is 8.37 Å². The molecule has 54 heavy (non-hydrogen) atoms. The lowest BCUT2D eigenvalue weighted by atomic mass is 9.60. The minimum atomic E-state index is -3.87. The van der Waals surface area contributed by atoms with Crippen LogP contribution in [0.5, 0.6) is 11.5 Å². The van der Waals surface area contributed by atoms with Crippen LogP contribution in [-0.2, 0) is 38.1 Å². The Morgan fingerprint density at radius 2 is 0.759 bits per heavy atom. The second kappa shape index (κ2) is 16.4. The Kier molecular flexibility index (Phi) is 11.5. The SMILES string of the molecule is Cc1ccc(S(=O)(=O)OCCOCCOc2ccc(OCCOCCOS(=O)(=O)c3ccc(C)cc3)c3c2C2c4ccccc4C3c3ccccc32)cc1. The van der Waals surface area contributed by atoms with E-state index in [9.17, 15) is 16.8 Å². The molecule has 0 radical (unpaired) electrons. The third-order valence-corrected chi connectivity index (χ3v) is 12.2. The Morgan fingerprint density at radius 1 is 0.426 bits per heavy atom. The van der Waals surface area contributed by atoms with Crippen molar-refractivity contribution in [3.05, 3.63) is 154 Å². The van der Waals surface area contributed by atoms with E-state index in [-0.39, 0.29) is 74.5 Å². The molecule has 0 fully saturated rings. The molecule has 12 heteroatoms. The van der Waals surface area contributed by atoms with Crippen LogP contribution in [0.15, 0.2) is 119 Å². The Hall–Kier alpha value is -4.56. The van der Waals surface area contributed by atoms with E-state index in [0.29, 0.717) is 0 Å². The highest BCUT2D eigenvalue weighted by molar-refractivity contribution is 7.87. The first-order valence-corrected chi connectivity index (χ1v) is 20.6. The van der Waals surface area contributed by atoms with Crippen LogP contribution >= 0.6 is 0 Å². The van der Waals surface area contributed by atoms with Crippen molar-refractivity contribution in [2.24, 2.45) is 0 Å². The second-order valence-corrected chi connectivity index (χ2v) is 16.3. The Morgan fingerprint density at radius 3 is 1.11 bits per heavy atom.